The van der Waals surface area contributed by atoms with Gasteiger partial charge in [0.25, 0.3) is 5.91 Å². The minimum Gasteiger partial charge on any atom is -0.482 e. The number of para-hydroxylation sites is 3. The predicted molar refractivity (Wildman–Crippen MR) is 114 cm³/mol. The van der Waals surface area contributed by atoms with Gasteiger partial charge in [0.1, 0.15) is 5.75 Å². The fourth-order valence-corrected chi connectivity index (χ4v) is 2.96. The number of halogens is 1. The van der Waals surface area contributed by atoms with Crippen molar-refractivity contribution >= 4 is 35.6 Å². The maximum Gasteiger partial charge on any atom is 0.260 e. The number of morpholine rings is 1. The van der Waals surface area contributed by atoms with Gasteiger partial charge in [-0.05, 0) is 30.2 Å². The molecular formula is C21H26ClN3O4. The largest absolute Gasteiger partial charge is 0.482 e. The number of ether oxygens (including phenoxy) is 2. The van der Waals surface area contributed by atoms with E-state index in [4.69, 9.17) is 15.2 Å². The summed E-state index contributed by atoms with van der Waals surface area (Å²) in [6.45, 7) is 2.16. The number of anilines is 2. The normalized spacial score (nSPS) is 13.3. The Bertz CT molecular complexity index is 825. The van der Waals surface area contributed by atoms with Gasteiger partial charge in [0.05, 0.1) is 18.9 Å². The average molecular weight is 420 g/mol. The van der Waals surface area contributed by atoms with Crippen LogP contribution in [-0.2, 0) is 20.7 Å². The lowest BCUT2D eigenvalue weighted by Crippen LogP contribution is -2.43. The van der Waals surface area contributed by atoms with Gasteiger partial charge in [-0.25, -0.2) is 0 Å². The number of carbonyl (C=O) groups excluding carboxylic acids is 2. The molecule has 1 aliphatic heterocycles. The lowest BCUT2D eigenvalue weighted by molar-refractivity contribution is -0.137. The Morgan fingerprint density at radius 2 is 1.76 bits per heavy atom. The molecule has 0 aliphatic carbocycles. The molecule has 1 heterocycles. The van der Waals surface area contributed by atoms with Crippen molar-refractivity contribution in [3.63, 3.8) is 0 Å². The zero-order chi connectivity index (χ0) is 19.8. The van der Waals surface area contributed by atoms with E-state index in [0.717, 1.165) is 5.56 Å². The molecule has 7 nitrogen and oxygen atoms in total. The molecule has 156 valence electrons. The molecule has 29 heavy (non-hydrogen) atoms. The monoisotopic (exact) mass is 419 g/mol. The molecule has 1 saturated heterocycles. The predicted octanol–water partition coefficient (Wildman–Crippen LogP) is 2.50. The van der Waals surface area contributed by atoms with Crippen LogP contribution in [0.5, 0.6) is 5.75 Å². The third-order valence-corrected chi connectivity index (χ3v) is 4.55. The SMILES string of the molecule is Cl.Nc1ccccc1CCC(=O)Nc1ccccc1OCC(=O)N1CCOCC1. The van der Waals surface area contributed by atoms with Gasteiger partial charge < -0.3 is 25.4 Å². The Morgan fingerprint density at radius 1 is 1.07 bits per heavy atom. The lowest BCUT2D eigenvalue weighted by Gasteiger charge is -2.26. The fourth-order valence-electron chi connectivity index (χ4n) is 2.96. The first-order valence-electron chi connectivity index (χ1n) is 9.34. The summed E-state index contributed by atoms with van der Waals surface area (Å²) in [4.78, 5) is 26.3. The van der Waals surface area contributed by atoms with E-state index in [-0.39, 0.29) is 30.8 Å². The van der Waals surface area contributed by atoms with Gasteiger partial charge in [-0.2, -0.15) is 0 Å². The number of aryl methyl sites for hydroxylation is 1. The average Bonchev–Trinajstić information content (AvgIpc) is 2.73. The van der Waals surface area contributed by atoms with E-state index in [2.05, 4.69) is 5.32 Å². The van der Waals surface area contributed by atoms with Crippen LogP contribution in [0.3, 0.4) is 0 Å². The summed E-state index contributed by atoms with van der Waals surface area (Å²) in [6.07, 6.45) is 0.853. The summed E-state index contributed by atoms with van der Waals surface area (Å²) in [5, 5.41) is 2.85. The minimum atomic E-state index is -0.140. The van der Waals surface area contributed by atoms with Crippen LogP contribution in [-0.4, -0.2) is 49.6 Å². The standard InChI is InChI=1S/C21H25N3O4.ClH/c22-17-6-2-1-5-16(17)9-10-20(25)23-18-7-3-4-8-19(18)28-15-21(26)24-11-13-27-14-12-24;/h1-8H,9-15,22H2,(H,23,25);1H. The molecule has 2 amide bonds. The molecule has 0 aromatic heterocycles. The van der Waals surface area contributed by atoms with E-state index in [9.17, 15) is 9.59 Å². The minimum absolute atomic E-state index is 0. The molecule has 2 aromatic carbocycles. The van der Waals surface area contributed by atoms with Gasteiger partial charge in [-0.3, -0.25) is 9.59 Å². The van der Waals surface area contributed by atoms with Gasteiger partial charge >= 0.3 is 0 Å². The highest BCUT2D eigenvalue weighted by Gasteiger charge is 2.18. The zero-order valence-electron chi connectivity index (χ0n) is 16.1. The number of nitrogen functional groups attached to an aromatic ring is 1. The van der Waals surface area contributed by atoms with E-state index >= 15 is 0 Å². The highest BCUT2D eigenvalue weighted by molar-refractivity contribution is 5.92. The molecule has 0 atom stereocenters. The molecule has 1 aliphatic rings. The molecule has 0 unspecified atom stereocenters. The van der Waals surface area contributed by atoms with Crippen LogP contribution in [0.25, 0.3) is 0 Å². The molecule has 0 radical (unpaired) electrons. The summed E-state index contributed by atoms with van der Waals surface area (Å²) in [5.41, 5.74) is 8.09. The first-order chi connectivity index (χ1) is 13.6. The Kier molecular flexibility index (Phi) is 8.76. The number of carbonyl (C=O) groups is 2. The third-order valence-electron chi connectivity index (χ3n) is 4.55. The molecule has 3 N–H and O–H groups in total. The van der Waals surface area contributed by atoms with Crippen molar-refractivity contribution in [1.29, 1.82) is 0 Å². The first kappa shape index (κ1) is 22.5. The van der Waals surface area contributed by atoms with Crippen LogP contribution in [0.1, 0.15) is 12.0 Å². The molecule has 8 heteroatoms. The van der Waals surface area contributed by atoms with Crippen molar-refractivity contribution in [2.24, 2.45) is 0 Å². The number of nitrogens with zero attached hydrogens (tertiary/aromatic N) is 1. The summed E-state index contributed by atoms with van der Waals surface area (Å²) >= 11 is 0. The number of rotatable bonds is 7. The number of hydrogen-bond acceptors (Lipinski definition) is 5. The van der Waals surface area contributed by atoms with Crippen molar-refractivity contribution in [3.8, 4) is 5.75 Å². The quantitative estimate of drug-likeness (QED) is 0.672. The molecule has 3 rings (SSSR count). The Balaban J connectivity index is 0.00000300. The lowest BCUT2D eigenvalue weighted by atomic mass is 10.1. The molecule has 0 saturated carbocycles. The summed E-state index contributed by atoms with van der Waals surface area (Å²) in [5.74, 6) is 0.236. The van der Waals surface area contributed by atoms with Crippen LogP contribution in [0.4, 0.5) is 11.4 Å². The van der Waals surface area contributed by atoms with Crippen molar-refractivity contribution in [3.05, 3.63) is 54.1 Å². The number of nitrogens with one attached hydrogen (secondary N) is 1. The van der Waals surface area contributed by atoms with Crippen molar-refractivity contribution in [2.45, 2.75) is 12.8 Å². The van der Waals surface area contributed by atoms with E-state index in [1.54, 1.807) is 29.2 Å². The van der Waals surface area contributed by atoms with Gasteiger partial charge in [0, 0.05) is 25.2 Å². The summed E-state index contributed by atoms with van der Waals surface area (Å²) in [6, 6.07) is 14.6. The maximum absolute atomic E-state index is 12.3. The number of hydrogen-bond donors (Lipinski definition) is 2. The van der Waals surface area contributed by atoms with Gasteiger partial charge in [0.2, 0.25) is 5.91 Å². The van der Waals surface area contributed by atoms with E-state index in [1.165, 1.54) is 0 Å². The summed E-state index contributed by atoms with van der Waals surface area (Å²) < 4.78 is 10.9. The van der Waals surface area contributed by atoms with Crippen molar-refractivity contribution in [2.75, 3.05) is 44.0 Å². The van der Waals surface area contributed by atoms with Crippen LogP contribution < -0.4 is 15.8 Å². The molecule has 1 fully saturated rings. The van der Waals surface area contributed by atoms with E-state index in [0.29, 0.717) is 56.3 Å². The van der Waals surface area contributed by atoms with Crippen LogP contribution in [0.15, 0.2) is 48.5 Å². The van der Waals surface area contributed by atoms with E-state index in [1.807, 2.05) is 24.3 Å². The molecule has 0 spiro atoms. The first-order valence-corrected chi connectivity index (χ1v) is 9.34. The fraction of sp³-hybridized carbons (Fsp3) is 0.333. The Morgan fingerprint density at radius 3 is 2.52 bits per heavy atom. The van der Waals surface area contributed by atoms with Crippen LogP contribution in [0, 0.1) is 0 Å². The molecular weight excluding hydrogens is 394 g/mol. The highest BCUT2D eigenvalue weighted by atomic mass is 35.5. The van der Waals surface area contributed by atoms with Gasteiger partial charge in [-0.15, -0.1) is 12.4 Å². The third kappa shape index (κ3) is 6.66. The topological polar surface area (TPSA) is 93.9 Å². The Labute approximate surface area is 176 Å². The molecule has 0 bridgehead atoms. The van der Waals surface area contributed by atoms with Gasteiger partial charge in [-0.1, -0.05) is 30.3 Å². The maximum atomic E-state index is 12.3. The number of amides is 2. The van der Waals surface area contributed by atoms with Crippen LogP contribution in [0.2, 0.25) is 0 Å². The summed E-state index contributed by atoms with van der Waals surface area (Å²) in [7, 11) is 0. The van der Waals surface area contributed by atoms with Crippen molar-refractivity contribution in [1.82, 2.24) is 4.90 Å². The van der Waals surface area contributed by atoms with Crippen molar-refractivity contribution < 1.29 is 19.1 Å². The second-order valence-corrected chi connectivity index (χ2v) is 6.52. The zero-order valence-corrected chi connectivity index (χ0v) is 17.0. The number of benzene rings is 2. The Hall–Kier alpha value is -2.77. The van der Waals surface area contributed by atoms with Crippen LogP contribution >= 0.6 is 12.4 Å². The number of nitrogens with two attached hydrogens (primary N) is 1. The highest BCUT2D eigenvalue weighted by Crippen LogP contribution is 2.24. The van der Waals surface area contributed by atoms with Gasteiger partial charge in [0.15, 0.2) is 6.61 Å². The van der Waals surface area contributed by atoms with E-state index < -0.39 is 0 Å². The second-order valence-electron chi connectivity index (χ2n) is 6.52. The second kappa shape index (κ2) is 11.3. The smallest absolute Gasteiger partial charge is 0.260 e. The molecule has 2 aromatic rings.